The Labute approximate surface area is 160 Å². The molecular weight excluding hydrogens is 350 g/mol. The molecule has 0 aliphatic heterocycles. The standard InChI is InChI=1S/C20H27NO4S/c1-6-24-19(22)17(21(4)5)11-12-18(20(23)25-7-2)26-14-16-10-8-9-15(3)13-16/h8-13H,6-7,14H2,1-5H3. The van der Waals surface area contributed by atoms with Gasteiger partial charge in [0.25, 0.3) is 0 Å². The molecule has 0 heterocycles. The highest BCUT2D eigenvalue weighted by atomic mass is 32.2. The van der Waals surface area contributed by atoms with Gasteiger partial charge >= 0.3 is 11.9 Å². The summed E-state index contributed by atoms with van der Waals surface area (Å²) in [5.41, 5.74) is 2.65. The molecule has 0 N–H and O–H groups in total. The van der Waals surface area contributed by atoms with E-state index in [1.165, 1.54) is 17.3 Å². The van der Waals surface area contributed by atoms with Crippen LogP contribution >= 0.6 is 11.8 Å². The summed E-state index contributed by atoms with van der Waals surface area (Å²) in [6, 6.07) is 8.11. The second-order valence-corrected chi connectivity index (χ2v) is 6.71. The van der Waals surface area contributed by atoms with Crippen LogP contribution < -0.4 is 0 Å². The Morgan fingerprint density at radius 3 is 2.31 bits per heavy atom. The van der Waals surface area contributed by atoms with E-state index in [1.54, 1.807) is 45.0 Å². The largest absolute Gasteiger partial charge is 0.462 e. The second kappa shape index (κ2) is 11.4. The Morgan fingerprint density at radius 1 is 1.08 bits per heavy atom. The molecule has 0 saturated heterocycles. The highest BCUT2D eigenvalue weighted by molar-refractivity contribution is 8.03. The summed E-state index contributed by atoms with van der Waals surface area (Å²) < 4.78 is 10.2. The zero-order valence-corrected chi connectivity index (χ0v) is 16.9. The first-order chi connectivity index (χ1) is 12.4. The topological polar surface area (TPSA) is 55.8 Å². The fourth-order valence-electron chi connectivity index (χ4n) is 2.10. The molecule has 0 unspecified atom stereocenters. The van der Waals surface area contributed by atoms with Crippen LogP contribution in [0.2, 0.25) is 0 Å². The lowest BCUT2D eigenvalue weighted by Gasteiger charge is -2.15. The maximum absolute atomic E-state index is 12.2. The predicted octanol–water partition coefficient (Wildman–Crippen LogP) is 3.68. The third-order valence-electron chi connectivity index (χ3n) is 3.31. The summed E-state index contributed by atoms with van der Waals surface area (Å²) in [6.45, 7) is 6.13. The van der Waals surface area contributed by atoms with E-state index >= 15 is 0 Å². The summed E-state index contributed by atoms with van der Waals surface area (Å²) in [5, 5.41) is 0. The number of allylic oxidation sites excluding steroid dienone is 2. The van der Waals surface area contributed by atoms with Gasteiger partial charge < -0.3 is 14.4 Å². The molecule has 0 atom stereocenters. The monoisotopic (exact) mass is 377 g/mol. The van der Waals surface area contributed by atoms with Crippen LogP contribution in [0.4, 0.5) is 0 Å². The predicted molar refractivity (Wildman–Crippen MR) is 106 cm³/mol. The number of ether oxygens (including phenoxy) is 2. The SMILES string of the molecule is CCOC(=O)C(=CC=C(C(=O)OCC)N(C)C)SCc1cccc(C)c1. The maximum Gasteiger partial charge on any atom is 0.354 e. The van der Waals surface area contributed by atoms with Crippen LogP contribution in [0.5, 0.6) is 0 Å². The lowest BCUT2D eigenvalue weighted by Crippen LogP contribution is -2.21. The first kappa shape index (κ1) is 21.8. The Morgan fingerprint density at radius 2 is 1.73 bits per heavy atom. The third kappa shape index (κ3) is 7.35. The van der Waals surface area contributed by atoms with Crippen LogP contribution in [-0.4, -0.2) is 44.1 Å². The van der Waals surface area contributed by atoms with E-state index in [2.05, 4.69) is 6.07 Å². The van der Waals surface area contributed by atoms with E-state index in [4.69, 9.17) is 9.47 Å². The van der Waals surface area contributed by atoms with E-state index in [1.807, 2.05) is 25.1 Å². The highest BCUT2D eigenvalue weighted by Gasteiger charge is 2.14. The smallest absolute Gasteiger partial charge is 0.354 e. The number of thioether (sulfide) groups is 1. The minimum Gasteiger partial charge on any atom is -0.462 e. The molecule has 0 aromatic heterocycles. The highest BCUT2D eigenvalue weighted by Crippen LogP contribution is 2.23. The van der Waals surface area contributed by atoms with Crippen molar-refractivity contribution in [2.75, 3.05) is 27.3 Å². The molecule has 142 valence electrons. The molecule has 1 aromatic rings. The molecule has 1 rings (SSSR count). The molecule has 0 bridgehead atoms. The Bertz CT molecular complexity index is 680. The molecule has 5 nitrogen and oxygen atoms in total. The maximum atomic E-state index is 12.2. The molecule has 0 aliphatic rings. The Balaban J connectivity index is 3.03. The normalized spacial score (nSPS) is 11.9. The number of aryl methyl sites for hydroxylation is 1. The molecule has 0 amide bonds. The van der Waals surface area contributed by atoms with E-state index < -0.39 is 11.9 Å². The van der Waals surface area contributed by atoms with Gasteiger partial charge in [0.05, 0.1) is 18.1 Å². The lowest BCUT2D eigenvalue weighted by molar-refractivity contribution is -0.140. The third-order valence-corrected chi connectivity index (χ3v) is 4.40. The first-order valence-electron chi connectivity index (χ1n) is 8.50. The van der Waals surface area contributed by atoms with Crippen molar-refractivity contribution in [3.8, 4) is 0 Å². The minimum atomic E-state index is -0.430. The van der Waals surface area contributed by atoms with Crippen LogP contribution in [0.3, 0.4) is 0 Å². The zero-order valence-electron chi connectivity index (χ0n) is 16.1. The molecule has 0 radical (unpaired) electrons. The zero-order chi connectivity index (χ0) is 19.5. The quantitative estimate of drug-likeness (QED) is 0.372. The molecular formula is C20H27NO4S. The Kier molecular flexibility index (Phi) is 9.58. The van der Waals surface area contributed by atoms with E-state index in [0.29, 0.717) is 29.6 Å². The van der Waals surface area contributed by atoms with Gasteiger partial charge in [0, 0.05) is 19.8 Å². The molecule has 26 heavy (non-hydrogen) atoms. The number of likely N-dealkylation sites (N-methyl/N-ethyl adjacent to an activating group) is 1. The summed E-state index contributed by atoms with van der Waals surface area (Å²) in [6.07, 6.45) is 3.21. The van der Waals surface area contributed by atoms with Crippen molar-refractivity contribution < 1.29 is 19.1 Å². The first-order valence-corrected chi connectivity index (χ1v) is 9.49. The number of esters is 2. The van der Waals surface area contributed by atoms with Crippen molar-refractivity contribution >= 4 is 23.7 Å². The van der Waals surface area contributed by atoms with Crippen LogP contribution in [0.25, 0.3) is 0 Å². The van der Waals surface area contributed by atoms with Crippen molar-refractivity contribution in [1.82, 2.24) is 4.90 Å². The van der Waals surface area contributed by atoms with Crippen molar-refractivity contribution in [3.05, 3.63) is 58.1 Å². The number of hydrogen-bond donors (Lipinski definition) is 0. The number of benzene rings is 1. The van der Waals surface area contributed by atoms with Gasteiger partial charge in [-0.25, -0.2) is 9.59 Å². The second-order valence-electron chi connectivity index (χ2n) is 5.70. The fraction of sp³-hybridized carbons (Fsp3) is 0.400. The van der Waals surface area contributed by atoms with Gasteiger partial charge in [-0.05, 0) is 38.5 Å². The van der Waals surface area contributed by atoms with Crippen LogP contribution in [0.1, 0.15) is 25.0 Å². The summed E-state index contributed by atoms with van der Waals surface area (Å²) in [4.78, 5) is 26.4. The van der Waals surface area contributed by atoms with Gasteiger partial charge in [-0.3, -0.25) is 0 Å². The van der Waals surface area contributed by atoms with E-state index in [0.717, 1.165) is 5.56 Å². The van der Waals surface area contributed by atoms with E-state index in [9.17, 15) is 9.59 Å². The average molecular weight is 378 g/mol. The summed E-state index contributed by atoms with van der Waals surface area (Å²) in [7, 11) is 3.50. The average Bonchev–Trinajstić information content (AvgIpc) is 2.58. The molecule has 1 aromatic carbocycles. The number of rotatable bonds is 9. The van der Waals surface area contributed by atoms with Crippen molar-refractivity contribution in [3.63, 3.8) is 0 Å². The van der Waals surface area contributed by atoms with Gasteiger partial charge in [-0.1, -0.05) is 29.8 Å². The Hall–Kier alpha value is -2.21. The van der Waals surface area contributed by atoms with Crippen molar-refractivity contribution in [1.29, 1.82) is 0 Å². The number of hydrogen-bond acceptors (Lipinski definition) is 6. The number of carbonyl (C=O) groups excluding carboxylic acids is 2. The number of carbonyl (C=O) groups is 2. The van der Waals surface area contributed by atoms with E-state index in [-0.39, 0.29) is 0 Å². The van der Waals surface area contributed by atoms with Crippen molar-refractivity contribution in [2.45, 2.75) is 26.5 Å². The molecule has 0 saturated carbocycles. The molecule has 6 heteroatoms. The molecule has 0 spiro atoms. The fourth-order valence-corrected chi connectivity index (χ4v) is 2.94. The van der Waals surface area contributed by atoms with Crippen molar-refractivity contribution in [2.24, 2.45) is 0 Å². The number of nitrogens with zero attached hydrogens (tertiary/aromatic N) is 1. The van der Waals surface area contributed by atoms with Gasteiger partial charge in [-0.2, -0.15) is 0 Å². The summed E-state index contributed by atoms with van der Waals surface area (Å²) >= 11 is 1.38. The van der Waals surface area contributed by atoms with Gasteiger partial charge in [0.15, 0.2) is 0 Å². The molecule has 0 fully saturated rings. The van der Waals surface area contributed by atoms with Crippen LogP contribution in [0.15, 0.2) is 47.0 Å². The lowest BCUT2D eigenvalue weighted by atomic mass is 10.2. The van der Waals surface area contributed by atoms with Gasteiger partial charge in [-0.15, -0.1) is 11.8 Å². The summed E-state index contributed by atoms with van der Waals surface area (Å²) in [5.74, 6) is -0.194. The van der Waals surface area contributed by atoms with Crippen LogP contribution in [-0.2, 0) is 24.8 Å². The van der Waals surface area contributed by atoms with Crippen LogP contribution in [0, 0.1) is 6.92 Å². The van der Waals surface area contributed by atoms with Gasteiger partial charge in [0.1, 0.15) is 5.70 Å². The molecule has 0 aliphatic carbocycles. The van der Waals surface area contributed by atoms with Gasteiger partial charge in [0.2, 0.25) is 0 Å². The minimum absolute atomic E-state index is 0.292.